The largest absolute Gasteiger partial charge is 0.310 e. The normalized spacial score (nSPS) is 16.5. The van der Waals surface area contributed by atoms with Crippen molar-refractivity contribution in [3.05, 3.63) is 27.2 Å². The van der Waals surface area contributed by atoms with E-state index in [0.29, 0.717) is 18.0 Å². The van der Waals surface area contributed by atoms with Gasteiger partial charge in [0.1, 0.15) is 5.78 Å². The summed E-state index contributed by atoms with van der Waals surface area (Å²) < 4.78 is 0.821. The molecule has 1 fully saturated rings. The second-order valence-corrected chi connectivity index (χ2v) is 5.33. The zero-order valence-electron chi connectivity index (χ0n) is 9.30. The van der Waals surface area contributed by atoms with Gasteiger partial charge >= 0.3 is 0 Å². The summed E-state index contributed by atoms with van der Waals surface area (Å²) in [5.41, 5.74) is 1.68. The van der Waals surface area contributed by atoms with Gasteiger partial charge < -0.3 is 4.90 Å². The summed E-state index contributed by atoms with van der Waals surface area (Å²) in [7, 11) is 0. The Hall–Kier alpha value is -0.870. The minimum absolute atomic E-state index is 0.000538. The second kappa shape index (κ2) is 4.78. The minimum Gasteiger partial charge on any atom is -0.310 e. The van der Waals surface area contributed by atoms with Crippen molar-refractivity contribution in [2.75, 3.05) is 11.4 Å². The molecule has 1 saturated heterocycles. The first-order chi connectivity index (χ1) is 7.99. The van der Waals surface area contributed by atoms with Gasteiger partial charge in [0.25, 0.3) is 0 Å². The lowest BCUT2D eigenvalue weighted by Crippen LogP contribution is -2.39. The summed E-state index contributed by atoms with van der Waals surface area (Å²) in [6, 6.07) is 3.63. The number of aryl methyl sites for hydroxylation is 1. The molecule has 90 valence electrons. The second-order valence-electron chi connectivity index (χ2n) is 4.06. The molecule has 0 radical (unpaired) electrons. The lowest BCUT2D eigenvalue weighted by atomic mass is 10.1. The van der Waals surface area contributed by atoms with Crippen molar-refractivity contribution in [1.82, 2.24) is 0 Å². The molecule has 1 aromatic carbocycles. The van der Waals surface area contributed by atoms with Crippen molar-refractivity contribution in [3.63, 3.8) is 0 Å². The van der Waals surface area contributed by atoms with E-state index in [2.05, 4.69) is 15.9 Å². The molecule has 3 nitrogen and oxygen atoms in total. The highest BCUT2D eigenvalue weighted by molar-refractivity contribution is 9.10. The van der Waals surface area contributed by atoms with Gasteiger partial charge in [-0.2, -0.15) is 0 Å². The molecule has 0 bridgehead atoms. The van der Waals surface area contributed by atoms with Gasteiger partial charge in [0.2, 0.25) is 5.91 Å². The number of ketones is 1. The number of rotatable bonds is 1. The molecule has 0 aliphatic carbocycles. The van der Waals surface area contributed by atoms with Crippen LogP contribution in [0.2, 0.25) is 5.02 Å². The third kappa shape index (κ3) is 2.53. The van der Waals surface area contributed by atoms with Gasteiger partial charge in [0, 0.05) is 22.5 Å². The summed E-state index contributed by atoms with van der Waals surface area (Å²) in [5, 5.41) is 0.618. The van der Waals surface area contributed by atoms with E-state index >= 15 is 0 Å². The van der Waals surface area contributed by atoms with Crippen LogP contribution in [0.3, 0.4) is 0 Å². The van der Waals surface area contributed by atoms with Crippen LogP contribution < -0.4 is 4.90 Å². The SMILES string of the molecule is Cc1cc(Br)c(N2CCC(=O)CC2=O)cc1Cl. The van der Waals surface area contributed by atoms with Crippen LogP contribution in [-0.4, -0.2) is 18.2 Å². The average Bonchev–Trinajstić information content (AvgIpc) is 2.24. The van der Waals surface area contributed by atoms with Gasteiger partial charge in [0.05, 0.1) is 12.1 Å². The van der Waals surface area contributed by atoms with Crippen molar-refractivity contribution in [3.8, 4) is 0 Å². The molecule has 1 amide bonds. The van der Waals surface area contributed by atoms with Crippen molar-refractivity contribution >= 4 is 44.9 Å². The topological polar surface area (TPSA) is 37.4 Å². The van der Waals surface area contributed by atoms with E-state index in [4.69, 9.17) is 11.6 Å². The Morgan fingerprint density at radius 2 is 2.06 bits per heavy atom. The number of carbonyl (C=O) groups excluding carboxylic acids is 2. The van der Waals surface area contributed by atoms with E-state index in [9.17, 15) is 9.59 Å². The van der Waals surface area contributed by atoms with Gasteiger partial charge in [0.15, 0.2) is 0 Å². The molecule has 0 atom stereocenters. The van der Waals surface area contributed by atoms with E-state index in [-0.39, 0.29) is 18.1 Å². The Balaban J connectivity index is 2.37. The van der Waals surface area contributed by atoms with Gasteiger partial charge in [-0.1, -0.05) is 11.6 Å². The lowest BCUT2D eigenvalue weighted by Gasteiger charge is -2.27. The predicted octanol–water partition coefficient (Wildman–Crippen LogP) is 3.11. The first kappa shape index (κ1) is 12.6. The zero-order valence-corrected chi connectivity index (χ0v) is 11.6. The van der Waals surface area contributed by atoms with Gasteiger partial charge in [-0.25, -0.2) is 0 Å². The predicted molar refractivity (Wildman–Crippen MR) is 70.5 cm³/mol. The molecule has 0 saturated carbocycles. The number of nitrogens with zero attached hydrogens (tertiary/aromatic N) is 1. The fourth-order valence-electron chi connectivity index (χ4n) is 1.81. The maximum absolute atomic E-state index is 11.8. The number of anilines is 1. The van der Waals surface area contributed by atoms with Crippen LogP contribution in [0.1, 0.15) is 18.4 Å². The summed E-state index contributed by atoms with van der Waals surface area (Å²) >= 11 is 9.48. The van der Waals surface area contributed by atoms with Crippen LogP contribution in [0.25, 0.3) is 0 Å². The third-order valence-electron chi connectivity index (χ3n) is 2.78. The highest BCUT2D eigenvalue weighted by atomic mass is 79.9. The summed E-state index contributed by atoms with van der Waals surface area (Å²) in [6.45, 7) is 2.33. The van der Waals surface area contributed by atoms with Crippen LogP contribution >= 0.6 is 27.5 Å². The lowest BCUT2D eigenvalue weighted by molar-refractivity contribution is -0.128. The van der Waals surface area contributed by atoms with Gasteiger partial charge in [-0.05, 0) is 40.5 Å². The van der Waals surface area contributed by atoms with Crippen molar-refractivity contribution in [2.24, 2.45) is 0 Å². The Kier molecular flexibility index (Phi) is 3.54. The fraction of sp³-hybridized carbons (Fsp3) is 0.333. The fourth-order valence-corrected chi connectivity index (χ4v) is 2.64. The molecule has 2 rings (SSSR count). The number of carbonyl (C=O) groups is 2. The monoisotopic (exact) mass is 315 g/mol. The number of amides is 1. The summed E-state index contributed by atoms with van der Waals surface area (Å²) in [5.74, 6) is -0.164. The molecule has 1 heterocycles. The summed E-state index contributed by atoms with van der Waals surface area (Å²) in [4.78, 5) is 24.6. The van der Waals surface area contributed by atoms with Crippen LogP contribution in [0, 0.1) is 6.92 Å². The Bertz CT molecular complexity index is 502. The van der Waals surface area contributed by atoms with E-state index in [1.54, 1.807) is 11.0 Å². The number of benzene rings is 1. The minimum atomic E-state index is -0.165. The van der Waals surface area contributed by atoms with Gasteiger partial charge in [-0.15, -0.1) is 0 Å². The van der Waals surface area contributed by atoms with E-state index in [0.717, 1.165) is 15.7 Å². The molecular formula is C12H11BrClNO2. The Morgan fingerprint density at radius 3 is 2.71 bits per heavy atom. The molecule has 5 heteroatoms. The molecule has 17 heavy (non-hydrogen) atoms. The smallest absolute Gasteiger partial charge is 0.234 e. The van der Waals surface area contributed by atoms with Crippen LogP contribution in [0.4, 0.5) is 5.69 Å². The highest BCUT2D eigenvalue weighted by Gasteiger charge is 2.26. The van der Waals surface area contributed by atoms with Crippen LogP contribution in [0.5, 0.6) is 0 Å². The first-order valence-corrected chi connectivity index (χ1v) is 6.44. The van der Waals surface area contributed by atoms with Crippen molar-refractivity contribution in [2.45, 2.75) is 19.8 Å². The molecule has 1 aliphatic heterocycles. The number of Topliss-reactive ketones (excluding diaryl/α,β-unsaturated/α-hetero) is 1. The number of hydrogen-bond acceptors (Lipinski definition) is 2. The first-order valence-electron chi connectivity index (χ1n) is 5.27. The summed E-state index contributed by atoms with van der Waals surface area (Å²) in [6.07, 6.45) is 0.390. The molecule has 0 unspecified atom stereocenters. The molecule has 0 aromatic heterocycles. The molecule has 1 aliphatic rings. The molecule has 0 spiro atoms. The Labute approximate surface area is 113 Å². The standard InChI is InChI=1S/C12H11BrClNO2/c1-7-4-9(13)11(6-10(7)14)15-3-2-8(16)5-12(15)17/h4,6H,2-3,5H2,1H3. The molecular weight excluding hydrogens is 305 g/mol. The van der Waals surface area contributed by atoms with Crippen LogP contribution in [-0.2, 0) is 9.59 Å². The average molecular weight is 317 g/mol. The highest BCUT2D eigenvalue weighted by Crippen LogP contribution is 2.33. The maximum atomic E-state index is 11.8. The quantitative estimate of drug-likeness (QED) is 0.747. The Morgan fingerprint density at radius 1 is 1.35 bits per heavy atom. The van der Waals surface area contributed by atoms with E-state index in [1.165, 1.54) is 0 Å². The maximum Gasteiger partial charge on any atom is 0.234 e. The molecule has 1 aromatic rings. The van der Waals surface area contributed by atoms with E-state index in [1.807, 2.05) is 13.0 Å². The third-order valence-corrected chi connectivity index (χ3v) is 3.82. The van der Waals surface area contributed by atoms with Gasteiger partial charge in [-0.3, -0.25) is 9.59 Å². The number of hydrogen-bond donors (Lipinski definition) is 0. The number of halogens is 2. The van der Waals surface area contributed by atoms with Crippen molar-refractivity contribution < 1.29 is 9.59 Å². The zero-order chi connectivity index (χ0) is 12.6. The van der Waals surface area contributed by atoms with Crippen molar-refractivity contribution in [1.29, 1.82) is 0 Å². The van der Waals surface area contributed by atoms with Crippen LogP contribution in [0.15, 0.2) is 16.6 Å². The van der Waals surface area contributed by atoms with E-state index < -0.39 is 0 Å². The number of piperidine rings is 1. The molecule has 0 N–H and O–H groups in total.